The fourth-order valence-corrected chi connectivity index (χ4v) is 3.87. The number of aryl methyl sites for hydroxylation is 1. The summed E-state index contributed by atoms with van der Waals surface area (Å²) in [6, 6.07) is 21.7. The van der Waals surface area contributed by atoms with Gasteiger partial charge in [-0.05, 0) is 37.6 Å². The summed E-state index contributed by atoms with van der Waals surface area (Å²) in [4.78, 5) is 0. The highest BCUT2D eigenvalue weighted by Gasteiger charge is 2.28. The molecule has 1 aliphatic rings. The zero-order chi connectivity index (χ0) is 21.8. The van der Waals surface area contributed by atoms with E-state index in [1.807, 2.05) is 43.3 Å². The van der Waals surface area contributed by atoms with Crippen LogP contribution >= 0.6 is 0 Å². The summed E-state index contributed by atoms with van der Waals surface area (Å²) in [6.07, 6.45) is 1.89. The van der Waals surface area contributed by atoms with E-state index in [0.717, 1.165) is 28.1 Å². The number of hydrogen-bond acceptors (Lipinski definition) is 5. The fraction of sp³-hybridized carbons (Fsp3) is 0.231. The van der Waals surface area contributed by atoms with Crippen LogP contribution in [-0.2, 0) is 0 Å². The molecule has 0 fully saturated rings. The molecule has 0 aromatic heterocycles. The highest BCUT2D eigenvalue weighted by Crippen LogP contribution is 2.39. The van der Waals surface area contributed by atoms with Crippen molar-refractivity contribution in [2.45, 2.75) is 26.1 Å². The first-order valence-electron chi connectivity index (χ1n) is 10.5. The summed E-state index contributed by atoms with van der Waals surface area (Å²) >= 11 is 0. The first kappa shape index (κ1) is 20.8. The average molecular weight is 417 g/mol. The van der Waals surface area contributed by atoms with Gasteiger partial charge >= 0.3 is 0 Å². The molecular formula is C26H28N2O3. The lowest BCUT2D eigenvalue weighted by Gasteiger charge is -2.34. The van der Waals surface area contributed by atoms with E-state index in [9.17, 15) is 5.11 Å². The van der Waals surface area contributed by atoms with Crippen LogP contribution in [-0.4, -0.2) is 18.8 Å². The molecule has 0 saturated carbocycles. The number of nitrogens with one attached hydrogen (secondary N) is 2. The maximum absolute atomic E-state index is 10.9. The van der Waals surface area contributed by atoms with Gasteiger partial charge in [0.1, 0.15) is 11.9 Å². The lowest BCUT2D eigenvalue weighted by atomic mass is 9.97. The number of para-hydroxylation sites is 2. The van der Waals surface area contributed by atoms with Gasteiger partial charge in [0.25, 0.3) is 0 Å². The van der Waals surface area contributed by atoms with Gasteiger partial charge in [0.2, 0.25) is 0 Å². The van der Waals surface area contributed by atoms with E-state index in [2.05, 4.69) is 47.9 Å². The molecule has 0 bridgehead atoms. The maximum Gasteiger partial charge on any atom is 0.162 e. The fourth-order valence-electron chi connectivity index (χ4n) is 3.87. The number of ether oxygens (including phenoxy) is 2. The molecule has 5 heteroatoms. The second-order valence-electron chi connectivity index (χ2n) is 7.54. The molecule has 0 radical (unpaired) electrons. The summed E-state index contributed by atoms with van der Waals surface area (Å²) in [5.41, 5.74) is 5.03. The van der Waals surface area contributed by atoms with Gasteiger partial charge in [-0.25, -0.2) is 0 Å². The summed E-state index contributed by atoms with van der Waals surface area (Å²) in [5.74, 6) is 1.44. The van der Waals surface area contributed by atoms with Crippen molar-refractivity contribution in [1.82, 2.24) is 10.6 Å². The molecule has 0 spiro atoms. The van der Waals surface area contributed by atoms with Crippen LogP contribution < -0.4 is 20.1 Å². The Bertz CT molecular complexity index is 1080. The van der Waals surface area contributed by atoms with Crippen LogP contribution in [0, 0.1) is 6.92 Å². The second-order valence-corrected chi connectivity index (χ2v) is 7.54. The van der Waals surface area contributed by atoms with Crippen molar-refractivity contribution in [3.05, 3.63) is 95.1 Å². The standard InChI is InChI=1S/C26H28N2O3/c1-4-31-24-11-7-9-19(25(24)29)22-16-21(18-14-12-17(2)13-15-18)27-26(28-22)20-8-5-6-10-23(20)30-3/h5-16,22,26-29H,4H2,1-3H3. The van der Waals surface area contributed by atoms with E-state index in [0.29, 0.717) is 12.4 Å². The van der Waals surface area contributed by atoms with Crippen LogP contribution in [0.25, 0.3) is 5.70 Å². The number of phenolic OH excluding ortho intramolecular Hbond substituents is 1. The van der Waals surface area contributed by atoms with Crippen LogP contribution in [0.15, 0.2) is 72.8 Å². The van der Waals surface area contributed by atoms with Gasteiger partial charge in [-0.2, -0.15) is 0 Å². The van der Waals surface area contributed by atoms with E-state index in [1.165, 1.54) is 5.56 Å². The van der Waals surface area contributed by atoms with E-state index >= 15 is 0 Å². The summed E-state index contributed by atoms with van der Waals surface area (Å²) < 4.78 is 11.2. The van der Waals surface area contributed by atoms with Gasteiger partial charge in [-0.1, -0.05) is 60.2 Å². The molecule has 0 amide bonds. The first-order valence-corrected chi connectivity index (χ1v) is 10.5. The monoisotopic (exact) mass is 416 g/mol. The molecule has 0 saturated heterocycles. The third-order valence-electron chi connectivity index (χ3n) is 5.46. The van der Waals surface area contributed by atoms with E-state index in [4.69, 9.17) is 9.47 Å². The van der Waals surface area contributed by atoms with Crippen LogP contribution in [0.3, 0.4) is 0 Å². The predicted molar refractivity (Wildman–Crippen MR) is 123 cm³/mol. The van der Waals surface area contributed by atoms with Crippen molar-refractivity contribution in [2.75, 3.05) is 13.7 Å². The Morgan fingerprint density at radius 2 is 1.61 bits per heavy atom. The summed E-state index contributed by atoms with van der Waals surface area (Å²) in [7, 11) is 1.67. The molecule has 31 heavy (non-hydrogen) atoms. The van der Waals surface area contributed by atoms with E-state index < -0.39 is 0 Å². The lowest BCUT2D eigenvalue weighted by Crippen LogP contribution is -2.39. The highest BCUT2D eigenvalue weighted by atomic mass is 16.5. The number of rotatable bonds is 6. The van der Waals surface area contributed by atoms with Gasteiger partial charge in [0.15, 0.2) is 11.5 Å². The van der Waals surface area contributed by atoms with E-state index in [1.54, 1.807) is 13.2 Å². The third-order valence-corrected chi connectivity index (χ3v) is 5.46. The van der Waals surface area contributed by atoms with Gasteiger partial charge in [-0.15, -0.1) is 0 Å². The Hall–Kier alpha value is -3.44. The minimum Gasteiger partial charge on any atom is -0.504 e. The number of hydrogen-bond donors (Lipinski definition) is 3. The number of methoxy groups -OCH3 is 1. The van der Waals surface area contributed by atoms with Crippen LogP contribution in [0.4, 0.5) is 0 Å². The molecule has 1 aliphatic heterocycles. The minimum absolute atomic E-state index is 0.155. The Morgan fingerprint density at radius 3 is 2.35 bits per heavy atom. The Kier molecular flexibility index (Phi) is 6.14. The molecule has 0 aliphatic carbocycles. The molecule has 1 heterocycles. The Balaban J connectivity index is 1.79. The predicted octanol–water partition coefficient (Wildman–Crippen LogP) is 5.08. The van der Waals surface area contributed by atoms with E-state index in [-0.39, 0.29) is 18.0 Å². The van der Waals surface area contributed by atoms with Gasteiger partial charge in [0.05, 0.1) is 19.8 Å². The van der Waals surface area contributed by atoms with Crippen molar-refractivity contribution >= 4 is 5.70 Å². The minimum atomic E-state index is -0.229. The van der Waals surface area contributed by atoms with Gasteiger partial charge in [-0.3, -0.25) is 5.32 Å². The zero-order valence-corrected chi connectivity index (χ0v) is 18.1. The molecule has 3 aromatic carbocycles. The largest absolute Gasteiger partial charge is 0.504 e. The molecule has 3 aromatic rings. The van der Waals surface area contributed by atoms with Crippen molar-refractivity contribution in [1.29, 1.82) is 0 Å². The first-order chi connectivity index (χ1) is 15.1. The Morgan fingerprint density at radius 1 is 0.903 bits per heavy atom. The molecule has 2 unspecified atom stereocenters. The highest BCUT2D eigenvalue weighted by molar-refractivity contribution is 5.67. The zero-order valence-electron chi connectivity index (χ0n) is 18.1. The molecule has 160 valence electrons. The Labute approximate surface area is 183 Å². The number of benzene rings is 3. The molecular weight excluding hydrogens is 388 g/mol. The average Bonchev–Trinajstić information content (AvgIpc) is 2.80. The molecule has 4 rings (SSSR count). The summed E-state index contributed by atoms with van der Waals surface area (Å²) in [5, 5.41) is 18.1. The quantitative estimate of drug-likeness (QED) is 0.523. The third kappa shape index (κ3) is 4.37. The van der Waals surface area contributed by atoms with Gasteiger partial charge < -0.3 is 19.9 Å². The smallest absolute Gasteiger partial charge is 0.162 e. The SMILES string of the molecule is CCOc1cccc(C2C=C(c3ccc(C)cc3)NC(c3ccccc3OC)N2)c1O. The van der Waals surface area contributed by atoms with Crippen LogP contribution in [0.1, 0.15) is 41.4 Å². The molecule has 2 atom stereocenters. The van der Waals surface area contributed by atoms with Crippen LogP contribution in [0.5, 0.6) is 17.2 Å². The molecule has 3 N–H and O–H groups in total. The lowest BCUT2D eigenvalue weighted by molar-refractivity contribution is 0.314. The maximum atomic E-state index is 10.9. The van der Waals surface area contributed by atoms with Crippen molar-refractivity contribution in [3.8, 4) is 17.2 Å². The normalized spacial score (nSPS) is 18.1. The number of phenols is 1. The van der Waals surface area contributed by atoms with Crippen molar-refractivity contribution in [2.24, 2.45) is 0 Å². The van der Waals surface area contributed by atoms with Crippen molar-refractivity contribution < 1.29 is 14.6 Å². The second kappa shape index (κ2) is 9.14. The summed E-state index contributed by atoms with van der Waals surface area (Å²) in [6.45, 7) is 4.47. The topological polar surface area (TPSA) is 62.8 Å². The number of aromatic hydroxyl groups is 1. The van der Waals surface area contributed by atoms with Gasteiger partial charge in [0, 0.05) is 16.8 Å². The molecule has 5 nitrogen and oxygen atoms in total. The van der Waals surface area contributed by atoms with Crippen molar-refractivity contribution in [3.63, 3.8) is 0 Å². The van der Waals surface area contributed by atoms with Crippen LogP contribution in [0.2, 0.25) is 0 Å².